The van der Waals surface area contributed by atoms with Crippen molar-refractivity contribution < 1.29 is 0 Å². The highest BCUT2D eigenvalue weighted by Gasteiger charge is 2.36. The standard InChI is InChI=1S/C21H23N4/c1-20(2)10-11-21(3,4)18-13-15(8-9-17(18)20)14-6-5-7-16(12-14)19-22-24-25-23-19/h5,7-9,12-13H,10-11H2,1-4H3,(H,22,23,24,25). The molecule has 1 N–H and O–H groups in total. The van der Waals surface area contributed by atoms with Crippen LogP contribution in [0.2, 0.25) is 0 Å². The van der Waals surface area contributed by atoms with Crippen LogP contribution in [0.25, 0.3) is 22.5 Å². The molecule has 4 nitrogen and oxygen atoms in total. The smallest absolute Gasteiger partial charge is 0.179 e. The van der Waals surface area contributed by atoms with Crippen LogP contribution >= 0.6 is 0 Å². The van der Waals surface area contributed by atoms with Gasteiger partial charge >= 0.3 is 0 Å². The van der Waals surface area contributed by atoms with E-state index in [1.165, 1.54) is 29.5 Å². The molecule has 0 saturated carbocycles. The molecule has 4 rings (SSSR count). The zero-order valence-electron chi connectivity index (χ0n) is 15.2. The molecule has 3 aromatic rings. The number of nitrogens with one attached hydrogen (secondary N) is 1. The van der Waals surface area contributed by atoms with Crippen molar-refractivity contribution in [2.75, 3.05) is 0 Å². The average Bonchev–Trinajstić information content (AvgIpc) is 3.14. The number of aromatic nitrogens is 4. The number of hydrogen-bond acceptors (Lipinski definition) is 3. The van der Waals surface area contributed by atoms with Crippen molar-refractivity contribution in [3.63, 3.8) is 0 Å². The van der Waals surface area contributed by atoms with E-state index in [1.807, 2.05) is 12.1 Å². The average molecular weight is 331 g/mol. The SMILES string of the molecule is CC1(C)CCC(C)(C)c2cc(-c3[c]ccc(-c4nnn[nH]4)c3)ccc21. The lowest BCUT2D eigenvalue weighted by Crippen LogP contribution is -2.33. The van der Waals surface area contributed by atoms with E-state index < -0.39 is 0 Å². The molecule has 1 aliphatic rings. The molecule has 0 spiro atoms. The van der Waals surface area contributed by atoms with Crippen LogP contribution in [0.5, 0.6) is 0 Å². The Hall–Kier alpha value is -2.49. The molecular formula is C21H23N4. The lowest BCUT2D eigenvalue weighted by molar-refractivity contribution is 0.332. The Morgan fingerprint density at radius 1 is 0.920 bits per heavy atom. The Morgan fingerprint density at radius 2 is 1.68 bits per heavy atom. The monoisotopic (exact) mass is 331 g/mol. The summed E-state index contributed by atoms with van der Waals surface area (Å²) in [4.78, 5) is 0. The Morgan fingerprint density at radius 3 is 2.40 bits per heavy atom. The van der Waals surface area contributed by atoms with Gasteiger partial charge in [-0.1, -0.05) is 58.0 Å². The van der Waals surface area contributed by atoms with Gasteiger partial charge < -0.3 is 0 Å². The van der Waals surface area contributed by atoms with E-state index in [1.54, 1.807) is 0 Å². The van der Waals surface area contributed by atoms with Crippen molar-refractivity contribution in [2.45, 2.75) is 51.4 Å². The second-order valence-corrected chi connectivity index (χ2v) is 8.27. The molecule has 127 valence electrons. The van der Waals surface area contributed by atoms with Crippen LogP contribution in [0.3, 0.4) is 0 Å². The van der Waals surface area contributed by atoms with Gasteiger partial charge in [0.05, 0.1) is 0 Å². The van der Waals surface area contributed by atoms with Gasteiger partial charge in [-0.05, 0) is 68.5 Å². The lowest BCUT2D eigenvalue weighted by Gasteiger charge is -2.42. The summed E-state index contributed by atoms with van der Waals surface area (Å²) in [6, 6.07) is 16.2. The normalized spacial score (nSPS) is 17.9. The fourth-order valence-corrected chi connectivity index (χ4v) is 3.82. The third kappa shape index (κ3) is 2.76. The van der Waals surface area contributed by atoms with Gasteiger partial charge in [-0.15, -0.1) is 5.10 Å². The summed E-state index contributed by atoms with van der Waals surface area (Å²) in [7, 11) is 0. The first-order valence-corrected chi connectivity index (χ1v) is 8.78. The molecule has 0 saturated heterocycles. The Labute approximate surface area is 148 Å². The summed E-state index contributed by atoms with van der Waals surface area (Å²) < 4.78 is 0. The van der Waals surface area contributed by atoms with Crippen molar-refractivity contribution in [2.24, 2.45) is 0 Å². The number of benzene rings is 2. The van der Waals surface area contributed by atoms with Crippen molar-refractivity contribution in [1.82, 2.24) is 20.6 Å². The van der Waals surface area contributed by atoms with E-state index in [9.17, 15) is 0 Å². The Bertz CT molecular complexity index is 907. The summed E-state index contributed by atoms with van der Waals surface area (Å²) in [5.74, 6) is 0.676. The second-order valence-electron chi connectivity index (χ2n) is 8.27. The number of tetrazole rings is 1. The van der Waals surface area contributed by atoms with Crippen molar-refractivity contribution in [3.8, 4) is 22.5 Å². The molecule has 2 aromatic carbocycles. The molecule has 0 aliphatic heterocycles. The minimum absolute atomic E-state index is 0.202. The molecule has 0 fully saturated rings. The summed E-state index contributed by atoms with van der Waals surface area (Å²) in [5.41, 5.74) is 6.60. The van der Waals surface area contributed by atoms with Gasteiger partial charge in [0.1, 0.15) is 0 Å². The summed E-state index contributed by atoms with van der Waals surface area (Å²) in [6.07, 6.45) is 2.44. The van der Waals surface area contributed by atoms with E-state index in [0.717, 1.165) is 11.1 Å². The number of rotatable bonds is 2. The van der Waals surface area contributed by atoms with E-state index in [4.69, 9.17) is 0 Å². The van der Waals surface area contributed by atoms with Crippen LogP contribution in [-0.2, 0) is 10.8 Å². The number of hydrogen-bond donors (Lipinski definition) is 1. The molecule has 25 heavy (non-hydrogen) atoms. The van der Waals surface area contributed by atoms with Crippen molar-refractivity contribution in [3.05, 3.63) is 53.6 Å². The van der Waals surface area contributed by atoms with Gasteiger partial charge in [-0.3, -0.25) is 0 Å². The molecule has 1 aliphatic carbocycles. The van der Waals surface area contributed by atoms with Crippen LogP contribution in [0.4, 0.5) is 0 Å². The minimum atomic E-state index is 0.202. The van der Waals surface area contributed by atoms with Gasteiger partial charge in [0.2, 0.25) is 0 Å². The molecule has 0 atom stereocenters. The number of fused-ring (bicyclic) bond motifs is 1. The summed E-state index contributed by atoms with van der Waals surface area (Å²) >= 11 is 0. The third-order valence-corrected chi connectivity index (χ3v) is 5.58. The zero-order chi connectivity index (χ0) is 17.7. The molecule has 4 heteroatoms. The second kappa shape index (κ2) is 5.51. The molecule has 1 aromatic heterocycles. The maximum absolute atomic E-state index is 4.00. The fourth-order valence-electron chi connectivity index (χ4n) is 3.82. The highest BCUT2D eigenvalue weighted by atomic mass is 15.5. The molecule has 0 unspecified atom stereocenters. The predicted molar refractivity (Wildman–Crippen MR) is 99.2 cm³/mol. The van der Waals surface area contributed by atoms with Crippen LogP contribution < -0.4 is 0 Å². The Balaban J connectivity index is 1.82. The molecule has 1 heterocycles. The molecular weight excluding hydrogens is 308 g/mol. The highest BCUT2D eigenvalue weighted by Crippen LogP contribution is 2.46. The lowest BCUT2D eigenvalue weighted by atomic mass is 9.63. The van der Waals surface area contributed by atoms with E-state index in [-0.39, 0.29) is 10.8 Å². The maximum atomic E-state index is 4.00. The topological polar surface area (TPSA) is 54.5 Å². The largest absolute Gasteiger partial charge is 0.239 e. The van der Waals surface area contributed by atoms with E-state index in [2.05, 4.69) is 78.7 Å². The van der Waals surface area contributed by atoms with Gasteiger partial charge in [0.25, 0.3) is 0 Å². The quantitative estimate of drug-likeness (QED) is 0.741. The van der Waals surface area contributed by atoms with Crippen LogP contribution in [-0.4, -0.2) is 20.6 Å². The minimum Gasteiger partial charge on any atom is -0.239 e. The summed E-state index contributed by atoms with van der Waals surface area (Å²) in [5, 5.41) is 14.1. The molecule has 0 amide bonds. The fraction of sp³-hybridized carbons (Fsp3) is 0.381. The highest BCUT2D eigenvalue weighted by molar-refractivity contribution is 5.71. The maximum Gasteiger partial charge on any atom is 0.179 e. The van der Waals surface area contributed by atoms with Gasteiger partial charge in [0.15, 0.2) is 5.82 Å². The molecule has 0 bridgehead atoms. The van der Waals surface area contributed by atoms with Crippen LogP contribution in [0, 0.1) is 6.07 Å². The number of H-pyrrole nitrogens is 1. The predicted octanol–water partition coefficient (Wildman–Crippen LogP) is 4.68. The van der Waals surface area contributed by atoms with Gasteiger partial charge in [0, 0.05) is 5.56 Å². The third-order valence-electron chi connectivity index (χ3n) is 5.58. The first-order valence-electron chi connectivity index (χ1n) is 8.78. The van der Waals surface area contributed by atoms with Crippen molar-refractivity contribution >= 4 is 0 Å². The molecule has 1 radical (unpaired) electrons. The first-order chi connectivity index (χ1) is 11.9. The Kier molecular flexibility index (Phi) is 3.53. The van der Waals surface area contributed by atoms with Crippen LogP contribution in [0.15, 0.2) is 36.4 Å². The number of aromatic amines is 1. The van der Waals surface area contributed by atoms with Gasteiger partial charge in [-0.25, -0.2) is 5.10 Å². The van der Waals surface area contributed by atoms with E-state index in [0.29, 0.717) is 5.82 Å². The van der Waals surface area contributed by atoms with Crippen molar-refractivity contribution in [1.29, 1.82) is 0 Å². The first kappa shape index (κ1) is 16.0. The number of nitrogens with zero attached hydrogens (tertiary/aromatic N) is 3. The van der Waals surface area contributed by atoms with Gasteiger partial charge in [-0.2, -0.15) is 0 Å². The van der Waals surface area contributed by atoms with E-state index >= 15 is 0 Å². The van der Waals surface area contributed by atoms with Crippen LogP contribution in [0.1, 0.15) is 51.7 Å². The summed E-state index contributed by atoms with van der Waals surface area (Å²) in [6.45, 7) is 9.41. The zero-order valence-corrected chi connectivity index (χ0v) is 15.2.